The van der Waals surface area contributed by atoms with E-state index in [0.29, 0.717) is 12.5 Å². The number of amides is 1. The molecule has 0 heterocycles. The van der Waals surface area contributed by atoms with Gasteiger partial charge in [-0.3, -0.25) is 4.79 Å². The third kappa shape index (κ3) is 5.07. The number of halogens is 1. The van der Waals surface area contributed by atoms with E-state index in [0.717, 1.165) is 5.56 Å². The van der Waals surface area contributed by atoms with Gasteiger partial charge in [-0.05, 0) is 11.5 Å². The van der Waals surface area contributed by atoms with E-state index in [4.69, 9.17) is 5.73 Å². The minimum atomic E-state index is -0.139. The molecule has 2 atom stereocenters. The molecule has 4 heteroatoms. The summed E-state index contributed by atoms with van der Waals surface area (Å²) in [6.07, 6.45) is 0. The molecule has 0 saturated heterocycles. The summed E-state index contributed by atoms with van der Waals surface area (Å²) in [6.45, 7) is 6.51. The largest absolute Gasteiger partial charge is 0.354 e. The van der Waals surface area contributed by atoms with Crippen LogP contribution in [0, 0.1) is 11.8 Å². The third-order valence-electron chi connectivity index (χ3n) is 3.14. The van der Waals surface area contributed by atoms with E-state index in [1.54, 1.807) is 0 Å². The summed E-state index contributed by atoms with van der Waals surface area (Å²) in [6, 6.07) is 9.67. The average Bonchev–Trinajstić information content (AvgIpc) is 2.35. The van der Waals surface area contributed by atoms with Crippen molar-refractivity contribution in [3.05, 3.63) is 35.9 Å². The molecule has 3 N–H and O–H groups in total. The van der Waals surface area contributed by atoms with Crippen molar-refractivity contribution in [1.82, 2.24) is 5.32 Å². The van der Waals surface area contributed by atoms with E-state index in [1.165, 1.54) is 0 Å². The normalized spacial score (nSPS) is 13.6. The molecule has 0 aliphatic carbocycles. The predicted octanol–water partition coefficient (Wildman–Crippen LogP) is 2.52. The van der Waals surface area contributed by atoms with Crippen molar-refractivity contribution in [2.75, 3.05) is 6.54 Å². The monoisotopic (exact) mass is 270 g/mol. The zero-order chi connectivity index (χ0) is 12.8. The van der Waals surface area contributed by atoms with Crippen LogP contribution in [-0.2, 0) is 4.79 Å². The number of carbonyl (C=O) groups is 1. The Balaban J connectivity index is 0.00000289. The van der Waals surface area contributed by atoms with E-state index in [2.05, 4.69) is 5.32 Å². The first-order valence-corrected chi connectivity index (χ1v) is 6.10. The van der Waals surface area contributed by atoms with Gasteiger partial charge in [0.1, 0.15) is 0 Å². The Morgan fingerprint density at radius 3 is 2.28 bits per heavy atom. The summed E-state index contributed by atoms with van der Waals surface area (Å²) in [5, 5.41) is 2.90. The lowest BCUT2D eigenvalue weighted by Gasteiger charge is -2.18. The summed E-state index contributed by atoms with van der Waals surface area (Å²) in [4.78, 5) is 11.8. The lowest BCUT2D eigenvalue weighted by molar-refractivity contribution is -0.125. The molecule has 18 heavy (non-hydrogen) atoms. The second-order valence-electron chi connectivity index (χ2n) is 4.80. The number of rotatable bonds is 5. The van der Waals surface area contributed by atoms with Crippen LogP contribution in [-0.4, -0.2) is 12.5 Å². The van der Waals surface area contributed by atoms with Crippen LogP contribution in [0.25, 0.3) is 0 Å². The van der Waals surface area contributed by atoms with E-state index in [1.807, 2.05) is 51.1 Å². The minimum absolute atomic E-state index is 0. The molecule has 0 fully saturated rings. The molecule has 1 aromatic rings. The summed E-state index contributed by atoms with van der Waals surface area (Å²) >= 11 is 0. The smallest absolute Gasteiger partial charge is 0.223 e. The number of nitrogens with one attached hydrogen (secondary N) is 1. The van der Waals surface area contributed by atoms with Gasteiger partial charge in [-0.1, -0.05) is 51.1 Å². The van der Waals surface area contributed by atoms with Crippen molar-refractivity contribution >= 4 is 18.3 Å². The first-order valence-electron chi connectivity index (χ1n) is 6.10. The van der Waals surface area contributed by atoms with Crippen molar-refractivity contribution in [3.8, 4) is 0 Å². The Labute approximate surface area is 116 Å². The maximum absolute atomic E-state index is 11.8. The summed E-state index contributed by atoms with van der Waals surface area (Å²) < 4.78 is 0. The predicted molar refractivity (Wildman–Crippen MR) is 77.6 cm³/mol. The number of hydrogen-bond donors (Lipinski definition) is 2. The Bertz CT molecular complexity index is 354. The lowest BCUT2D eigenvalue weighted by atomic mass is 9.97. The number of nitrogens with two attached hydrogens (primary N) is 1. The molecule has 0 aliphatic rings. The van der Waals surface area contributed by atoms with Crippen molar-refractivity contribution < 1.29 is 4.79 Å². The molecule has 0 bridgehead atoms. The van der Waals surface area contributed by atoms with Crippen LogP contribution in [0.2, 0.25) is 0 Å². The molecule has 3 nitrogen and oxygen atoms in total. The first kappa shape index (κ1) is 16.9. The van der Waals surface area contributed by atoms with Crippen molar-refractivity contribution in [2.45, 2.75) is 26.8 Å². The van der Waals surface area contributed by atoms with Crippen LogP contribution in [0.3, 0.4) is 0 Å². The zero-order valence-corrected chi connectivity index (χ0v) is 12.0. The average molecular weight is 271 g/mol. The van der Waals surface area contributed by atoms with Crippen LogP contribution in [0.1, 0.15) is 32.4 Å². The Kier molecular flexibility index (Phi) is 7.64. The summed E-state index contributed by atoms with van der Waals surface area (Å²) in [5.41, 5.74) is 7.05. The highest BCUT2D eigenvalue weighted by Gasteiger charge is 2.17. The van der Waals surface area contributed by atoms with Gasteiger partial charge in [0.15, 0.2) is 0 Å². The van der Waals surface area contributed by atoms with Gasteiger partial charge < -0.3 is 11.1 Å². The molecule has 1 aromatic carbocycles. The molecule has 1 rings (SSSR count). The molecule has 2 unspecified atom stereocenters. The highest BCUT2D eigenvalue weighted by Crippen LogP contribution is 2.11. The van der Waals surface area contributed by atoms with Gasteiger partial charge >= 0.3 is 0 Å². The zero-order valence-electron chi connectivity index (χ0n) is 11.2. The molecule has 0 radical (unpaired) electrons. The van der Waals surface area contributed by atoms with Crippen LogP contribution in [0.15, 0.2) is 30.3 Å². The Morgan fingerprint density at radius 1 is 1.22 bits per heavy atom. The van der Waals surface area contributed by atoms with E-state index >= 15 is 0 Å². The molecule has 0 aliphatic heterocycles. The number of benzene rings is 1. The molecule has 1 amide bonds. The van der Waals surface area contributed by atoms with Gasteiger partial charge in [-0.15, -0.1) is 12.4 Å². The summed E-state index contributed by atoms with van der Waals surface area (Å²) in [7, 11) is 0. The number of hydrogen-bond acceptors (Lipinski definition) is 2. The van der Waals surface area contributed by atoms with E-state index in [-0.39, 0.29) is 30.3 Å². The van der Waals surface area contributed by atoms with Gasteiger partial charge in [0.05, 0.1) is 0 Å². The van der Waals surface area contributed by atoms with Crippen LogP contribution >= 0.6 is 12.4 Å². The Morgan fingerprint density at radius 2 is 1.78 bits per heavy atom. The quantitative estimate of drug-likeness (QED) is 0.864. The second kappa shape index (κ2) is 8.11. The standard InChI is InChI=1S/C14H22N2O.ClH/c1-10(2)11(3)14(17)16-9-13(15)12-7-5-4-6-8-12;/h4-8,10-11,13H,9,15H2,1-3H3,(H,16,17);1H. The minimum Gasteiger partial charge on any atom is -0.354 e. The topological polar surface area (TPSA) is 55.1 Å². The van der Waals surface area contributed by atoms with Gasteiger partial charge in [-0.2, -0.15) is 0 Å². The third-order valence-corrected chi connectivity index (χ3v) is 3.14. The van der Waals surface area contributed by atoms with E-state index in [9.17, 15) is 4.79 Å². The fourth-order valence-electron chi connectivity index (χ4n) is 1.49. The maximum atomic E-state index is 11.8. The van der Waals surface area contributed by atoms with Crippen molar-refractivity contribution in [3.63, 3.8) is 0 Å². The molecule has 0 aromatic heterocycles. The van der Waals surface area contributed by atoms with Crippen molar-refractivity contribution in [1.29, 1.82) is 0 Å². The second-order valence-corrected chi connectivity index (χ2v) is 4.80. The Hall–Kier alpha value is -1.06. The fraction of sp³-hybridized carbons (Fsp3) is 0.500. The van der Waals surface area contributed by atoms with Gasteiger partial charge in [0.2, 0.25) is 5.91 Å². The summed E-state index contributed by atoms with van der Waals surface area (Å²) in [5.74, 6) is 0.451. The van der Waals surface area contributed by atoms with Gasteiger partial charge in [0.25, 0.3) is 0 Å². The van der Waals surface area contributed by atoms with Crippen molar-refractivity contribution in [2.24, 2.45) is 17.6 Å². The molecule has 0 saturated carbocycles. The van der Waals surface area contributed by atoms with E-state index < -0.39 is 0 Å². The molecule has 0 spiro atoms. The SMILES string of the molecule is CC(C)C(C)C(=O)NCC(N)c1ccccc1.Cl. The number of carbonyl (C=O) groups excluding carboxylic acids is 1. The van der Waals surface area contributed by atoms with Gasteiger partial charge in [0, 0.05) is 18.5 Å². The van der Waals surface area contributed by atoms with Crippen LogP contribution in [0.4, 0.5) is 0 Å². The lowest BCUT2D eigenvalue weighted by Crippen LogP contribution is -2.36. The van der Waals surface area contributed by atoms with Gasteiger partial charge in [-0.25, -0.2) is 0 Å². The van der Waals surface area contributed by atoms with Crippen LogP contribution in [0.5, 0.6) is 0 Å². The highest BCUT2D eigenvalue weighted by molar-refractivity contribution is 5.85. The molecular weight excluding hydrogens is 248 g/mol. The highest BCUT2D eigenvalue weighted by atomic mass is 35.5. The molecule has 102 valence electrons. The van der Waals surface area contributed by atoms with Crippen LogP contribution < -0.4 is 11.1 Å². The fourth-order valence-corrected chi connectivity index (χ4v) is 1.49. The molecular formula is C14H23ClN2O. The maximum Gasteiger partial charge on any atom is 0.223 e. The first-order chi connectivity index (χ1) is 8.02.